The number of unbranched alkanes of at least 4 members (excludes halogenated alkanes) is 35. The number of rotatable bonds is 55. The normalized spacial score (nSPS) is 19.3. The zero-order valence-corrected chi connectivity index (χ0v) is 49.8. The lowest BCUT2D eigenvalue weighted by atomic mass is 9.99. The van der Waals surface area contributed by atoms with Crippen molar-refractivity contribution in [2.45, 2.75) is 346 Å². The van der Waals surface area contributed by atoms with Crippen molar-refractivity contribution in [2.24, 2.45) is 0 Å². The molecule has 0 aliphatic carbocycles. The molecule has 1 aliphatic heterocycles. The monoisotopic (exact) mass is 1090 g/mol. The van der Waals surface area contributed by atoms with Gasteiger partial charge in [0.15, 0.2) is 12.4 Å². The van der Waals surface area contributed by atoms with Crippen LogP contribution in [0.5, 0.6) is 0 Å². The maximum absolute atomic E-state index is 13.4. The van der Waals surface area contributed by atoms with Crippen LogP contribution in [0.4, 0.5) is 0 Å². The smallest absolute Gasteiger partial charge is 0.306 e. The van der Waals surface area contributed by atoms with Crippen molar-refractivity contribution in [2.75, 3.05) is 13.2 Å². The predicted molar refractivity (Wildman–Crippen MR) is 320 cm³/mol. The molecule has 1 amide bonds. The second kappa shape index (κ2) is 54.2. The van der Waals surface area contributed by atoms with Gasteiger partial charge in [-0.05, 0) is 57.8 Å². The van der Waals surface area contributed by atoms with E-state index in [1.165, 1.54) is 167 Å². The first kappa shape index (κ1) is 72.6. The van der Waals surface area contributed by atoms with Crippen LogP contribution in [0.2, 0.25) is 0 Å². The summed E-state index contributed by atoms with van der Waals surface area (Å²) in [6.07, 6.45) is 55.9. The lowest BCUT2D eigenvalue weighted by Crippen LogP contribution is -2.61. The summed E-state index contributed by atoms with van der Waals surface area (Å²) in [7, 11) is 0. The van der Waals surface area contributed by atoms with Gasteiger partial charge >= 0.3 is 5.97 Å². The summed E-state index contributed by atoms with van der Waals surface area (Å²) in [4.78, 5) is 26.5. The zero-order chi connectivity index (χ0) is 56.1. The summed E-state index contributed by atoms with van der Waals surface area (Å²) in [5.41, 5.74) is 0. The molecule has 1 saturated heterocycles. The molecular weight excluding hydrogens is 967 g/mol. The van der Waals surface area contributed by atoms with E-state index in [2.05, 4.69) is 62.5 Å². The lowest BCUT2D eigenvalue weighted by Gasteiger charge is -2.41. The molecule has 0 spiro atoms. The van der Waals surface area contributed by atoms with Gasteiger partial charge in [0.1, 0.15) is 24.4 Å². The molecule has 0 aromatic rings. The SMILES string of the molecule is CC/C=C/C/C=C/C/C=C/CCCCCCC(=O)OC1C(OCC(NC(=O)C(O)CCCCCCCCCCCCCCCCCCCCCCCC)C(O)/C=C/CCCCCCCCCCCC)OC(CO)C(O)C1O. The number of esters is 1. The van der Waals surface area contributed by atoms with E-state index in [1.54, 1.807) is 6.08 Å². The Hall–Kier alpha value is -2.38. The molecule has 1 rings (SSSR count). The van der Waals surface area contributed by atoms with Gasteiger partial charge in [-0.2, -0.15) is 0 Å². The number of allylic oxidation sites excluding steroid dienone is 7. The van der Waals surface area contributed by atoms with E-state index in [-0.39, 0.29) is 13.0 Å². The largest absolute Gasteiger partial charge is 0.454 e. The average molecular weight is 1090 g/mol. The maximum atomic E-state index is 13.4. The molecule has 11 nitrogen and oxygen atoms in total. The quantitative estimate of drug-likeness (QED) is 0.0195. The minimum atomic E-state index is -1.62. The molecule has 1 fully saturated rings. The van der Waals surface area contributed by atoms with Crippen LogP contribution < -0.4 is 5.32 Å². The molecule has 0 radical (unpaired) electrons. The molecule has 6 N–H and O–H groups in total. The number of hydrogen-bond donors (Lipinski definition) is 6. The highest BCUT2D eigenvalue weighted by Crippen LogP contribution is 2.26. The second-order valence-corrected chi connectivity index (χ2v) is 22.5. The minimum Gasteiger partial charge on any atom is -0.454 e. The van der Waals surface area contributed by atoms with Crippen molar-refractivity contribution in [3.8, 4) is 0 Å². The molecule has 0 saturated carbocycles. The van der Waals surface area contributed by atoms with Gasteiger partial charge in [-0.15, -0.1) is 0 Å². The number of carbonyl (C=O) groups is 2. The Bertz CT molecular complexity index is 1440. The molecule has 450 valence electrons. The fraction of sp³-hybridized carbons (Fsp3) is 0.848. The van der Waals surface area contributed by atoms with E-state index in [1.807, 2.05) is 6.08 Å². The van der Waals surface area contributed by atoms with Crippen LogP contribution in [0.1, 0.15) is 297 Å². The van der Waals surface area contributed by atoms with E-state index in [0.29, 0.717) is 19.3 Å². The van der Waals surface area contributed by atoms with E-state index in [9.17, 15) is 35.1 Å². The van der Waals surface area contributed by atoms with Gasteiger partial charge in [0, 0.05) is 6.42 Å². The Labute approximate surface area is 472 Å². The van der Waals surface area contributed by atoms with Gasteiger partial charge in [0.05, 0.1) is 25.4 Å². The van der Waals surface area contributed by atoms with Gasteiger partial charge in [0.25, 0.3) is 0 Å². The van der Waals surface area contributed by atoms with Crippen molar-refractivity contribution in [3.63, 3.8) is 0 Å². The highest BCUT2D eigenvalue weighted by molar-refractivity contribution is 5.80. The Morgan fingerprint density at radius 3 is 1.40 bits per heavy atom. The van der Waals surface area contributed by atoms with Gasteiger partial charge < -0.3 is 45.1 Å². The Balaban J connectivity index is 2.62. The number of carbonyl (C=O) groups excluding carboxylic acids is 2. The van der Waals surface area contributed by atoms with Crippen molar-refractivity contribution in [1.82, 2.24) is 5.32 Å². The molecular formula is C66H121NO10. The molecule has 0 bridgehead atoms. The van der Waals surface area contributed by atoms with E-state index in [4.69, 9.17) is 14.2 Å². The van der Waals surface area contributed by atoms with Crippen LogP contribution in [0.25, 0.3) is 0 Å². The third kappa shape index (κ3) is 42.2. The van der Waals surface area contributed by atoms with Gasteiger partial charge in [-0.1, -0.05) is 281 Å². The number of aliphatic hydroxyl groups excluding tert-OH is 5. The first-order chi connectivity index (χ1) is 37.7. The number of aliphatic hydroxyl groups is 5. The molecule has 0 aromatic heterocycles. The Kier molecular flexibility index (Phi) is 51.1. The first-order valence-corrected chi connectivity index (χ1v) is 32.4. The maximum Gasteiger partial charge on any atom is 0.306 e. The molecule has 8 unspecified atom stereocenters. The standard InChI is InChI=1S/C66H121NO10/c1-4-7-10-13-16-19-22-25-27-28-29-30-31-32-33-34-35-38-41-44-47-50-53-59(70)65(74)67-57(58(69)52-49-46-43-40-37-24-21-18-15-12-9-6-3)56-75-66-64(63(73)62(72)60(55-68)76-66)77-61(71)54-51-48-45-42-39-36-26-23-20-17-14-11-8-5-2/h8,11,17,20,26,36,49,52,57-60,62-64,66,68-70,72-73H,4-7,9-10,12-16,18-19,21-25,27-35,37-48,50-51,53-56H2,1-3H3,(H,67,74)/b11-8+,20-17+,36-26+,52-49+. The third-order valence-electron chi connectivity index (χ3n) is 15.2. The van der Waals surface area contributed by atoms with E-state index >= 15 is 0 Å². The van der Waals surface area contributed by atoms with Gasteiger partial charge in [-0.3, -0.25) is 9.59 Å². The zero-order valence-electron chi connectivity index (χ0n) is 49.8. The molecule has 77 heavy (non-hydrogen) atoms. The summed E-state index contributed by atoms with van der Waals surface area (Å²) in [6.45, 7) is 5.69. The summed E-state index contributed by atoms with van der Waals surface area (Å²) in [6, 6.07) is -1.03. The van der Waals surface area contributed by atoms with Crippen molar-refractivity contribution in [3.05, 3.63) is 48.6 Å². The lowest BCUT2D eigenvalue weighted by molar-refractivity contribution is -0.305. The van der Waals surface area contributed by atoms with Crippen LogP contribution in [-0.2, 0) is 23.8 Å². The number of nitrogens with one attached hydrogen (secondary N) is 1. The van der Waals surface area contributed by atoms with Crippen molar-refractivity contribution in [1.29, 1.82) is 0 Å². The molecule has 11 heteroatoms. The summed E-state index contributed by atoms with van der Waals surface area (Å²) in [5.74, 6) is -1.21. The highest BCUT2D eigenvalue weighted by atomic mass is 16.7. The fourth-order valence-electron chi connectivity index (χ4n) is 10.1. The molecule has 8 atom stereocenters. The second-order valence-electron chi connectivity index (χ2n) is 22.5. The summed E-state index contributed by atoms with van der Waals surface area (Å²) in [5, 5.41) is 57.0. The topological polar surface area (TPSA) is 175 Å². The van der Waals surface area contributed by atoms with Crippen LogP contribution in [0, 0.1) is 0 Å². The number of hydrogen-bond acceptors (Lipinski definition) is 10. The first-order valence-electron chi connectivity index (χ1n) is 32.4. The fourth-order valence-corrected chi connectivity index (χ4v) is 10.1. The van der Waals surface area contributed by atoms with Crippen LogP contribution in [0.15, 0.2) is 48.6 Å². The van der Waals surface area contributed by atoms with Gasteiger partial charge in [0.2, 0.25) is 5.91 Å². The molecule has 1 heterocycles. The van der Waals surface area contributed by atoms with E-state index < -0.39 is 67.4 Å². The summed E-state index contributed by atoms with van der Waals surface area (Å²) >= 11 is 0. The summed E-state index contributed by atoms with van der Waals surface area (Å²) < 4.78 is 17.6. The van der Waals surface area contributed by atoms with E-state index in [0.717, 1.165) is 83.5 Å². The third-order valence-corrected chi connectivity index (χ3v) is 15.2. The predicted octanol–water partition coefficient (Wildman–Crippen LogP) is 15.6. The Morgan fingerprint density at radius 1 is 0.519 bits per heavy atom. The molecule has 1 aliphatic rings. The van der Waals surface area contributed by atoms with Crippen molar-refractivity contribution >= 4 is 11.9 Å². The minimum absolute atomic E-state index is 0.0985. The highest BCUT2D eigenvalue weighted by Gasteiger charge is 2.47. The van der Waals surface area contributed by atoms with Crippen LogP contribution in [-0.4, -0.2) is 99.6 Å². The average Bonchev–Trinajstić information content (AvgIpc) is 3.43. The van der Waals surface area contributed by atoms with Crippen LogP contribution in [0.3, 0.4) is 0 Å². The van der Waals surface area contributed by atoms with Crippen molar-refractivity contribution < 1.29 is 49.3 Å². The Morgan fingerprint density at radius 2 is 0.935 bits per heavy atom. The van der Waals surface area contributed by atoms with Crippen LogP contribution >= 0.6 is 0 Å². The number of ether oxygens (including phenoxy) is 3. The van der Waals surface area contributed by atoms with Gasteiger partial charge in [-0.25, -0.2) is 0 Å². The molecule has 0 aromatic carbocycles. The number of amides is 1.